The molecule has 1 rings (SSSR count). The Hall–Kier alpha value is -0.120. The second kappa shape index (κ2) is 7.46. The molecular formula is C15H31NO2. The largest absolute Gasteiger partial charge is 0.352 e. The Labute approximate surface area is 113 Å². The maximum absolute atomic E-state index is 5.56. The minimum Gasteiger partial charge on any atom is -0.352 e. The van der Waals surface area contributed by atoms with Crippen LogP contribution in [0.5, 0.6) is 0 Å². The summed E-state index contributed by atoms with van der Waals surface area (Å²) >= 11 is 0. The van der Waals surface area contributed by atoms with Gasteiger partial charge in [-0.2, -0.15) is 0 Å². The molecule has 1 fully saturated rings. The van der Waals surface area contributed by atoms with Crippen molar-refractivity contribution in [2.24, 2.45) is 11.3 Å². The lowest BCUT2D eigenvalue weighted by Crippen LogP contribution is -2.45. The molecule has 2 atom stereocenters. The Bertz CT molecular complexity index is 225. The predicted octanol–water partition coefficient (Wildman–Crippen LogP) is 3.19. The molecule has 2 unspecified atom stereocenters. The maximum Gasteiger partial charge on any atom is 0.169 e. The number of nitrogens with one attached hydrogen (secondary N) is 1. The van der Waals surface area contributed by atoms with E-state index < -0.39 is 0 Å². The van der Waals surface area contributed by atoms with Crippen LogP contribution in [0.2, 0.25) is 0 Å². The van der Waals surface area contributed by atoms with Gasteiger partial charge >= 0.3 is 0 Å². The molecule has 1 aliphatic carbocycles. The summed E-state index contributed by atoms with van der Waals surface area (Å²) in [6.45, 7) is 13.4. The van der Waals surface area contributed by atoms with E-state index in [0.717, 1.165) is 12.5 Å². The van der Waals surface area contributed by atoms with Gasteiger partial charge in [-0.25, -0.2) is 0 Å². The number of hydrogen-bond donors (Lipinski definition) is 1. The van der Waals surface area contributed by atoms with Crippen molar-refractivity contribution in [3.8, 4) is 0 Å². The molecule has 0 amide bonds. The van der Waals surface area contributed by atoms with E-state index in [1.807, 2.05) is 13.8 Å². The molecule has 0 saturated heterocycles. The van der Waals surface area contributed by atoms with Crippen molar-refractivity contribution in [2.45, 2.75) is 66.2 Å². The average molecular weight is 257 g/mol. The zero-order valence-electron chi connectivity index (χ0n) is 12.8. The van der Waals surface area contributed by atoms with E-state index in [4.69, 9.17) is 9.47 Å². The van der Waals surface area contributed by atoms with Crippen LogP contribution in [0.4, 0.5) is 0 Å². The quantitative estimate of drug-likeness (QED) is 0.711. The second-order valence-corrected chi connectivity index (χ2v) is 6.24. The highest BCUT2D eigenvalue weighted by atomic mass is 16.7. The Morgan fingerprint density at radius 1 is 1.22 bits per heavy atom. The summed E-state index contributed by atoms with van der Waals surface area (Å²) in [5.41, 5.74) is 0.511. The molecule has 1 saturated carbocycles. The summed E-state index contributed by atoms with van der Waals surface area (Å²) in [6.07, 6.45) is 3.78. The monoisotopic (exact) mass is 257 g/mol. The number of rotatable bonds is 7. The minimum atomic E-state index is -0.0952. The Morgan fingerprint density at radius 3 is 2.33 bits per heavy atom. The van der Waals surface area contributed by atoms with Crippen LogP contribution >= 0.6 is 0 Å². The molecule has 0 spiro atoms. The molecule has 108 valence electrons. The lowest BCUT2D eigenvalue weighted by atomic mass is 9.70. The number of hydrogen-bond acceptors (Lipinski definition) is 3. The molecule has 3 nitrogen and oxygen atoms in total. The van der Waals surface area contributed by atoms with E-state index in [-0.39, 0.29) is 6.29 Å². The Balaban J connectivity index is 2.33. The smallest absolute Gasteiger partial charge is 0.169 e. The molecule has 1 N–H and O–H groups in total. The lowest BCUT2D eigenvalue weighted by Gasteiger charge is -2.40. The highest BCUT2D eigenvalue weighted by Crippen LogP contribution is 2.38. The van der Waals surface area contributed by atoms with Gasteiger partial charge in [0.25, 0.3) is 0 Å². The molecule has 0 radical (unpaired) electrons. The SMILES string of the molecule is CCOC(CNC1CCC(C)(C)CC1C)OCC. The van der Waals surface area contributed by atoms with Crippen LogP contribution in [0.1, 0.15) is 53.9 Å². The standard InChI is InChI=1S/C15H31NO2/c1-6-17-14(18-7-2)11-16-13-8-9-15(4,5)10-12(13)3/h12-14,16H,6-11H2,1-5H3. The van der Waals surface area contributed by atoms with Crippen molar-refractivity contribution in [3.63, 3.8) is 0 Å². The fourth-order valence-corrected chi connectivity index (χ4v) is 3.04. The molecule has 1 aliphatic rings. The normalized spacial score (nSPS) is 27.7. The van der Waals surface area contributed by atoms with Crippen LogP contribution in [0.3, 0.4) is 0 Å². The maximum atomic E-state index is 5.56. The van der Waals surface area contributed by atoms with Crippen LogP contribution in [0.25, 0.3) is 0 Å². The molecular weight excluding hydrogens is 226 g/mol. The van der Waals surface area contributed by atoms with Gasteiger partial charge in [0.15, 0.2) is 6.29 Å². The van der Waals surface area contributed by atoms with Gasteiger partial charge in [-0.15, -0.1) is 0 Å². The van der Waals surface area contributed by atoms with Crippen molar-refractivity contribution in [3.05, 3.63) is 0 Å². The van der Waals surface area contributed by atoms with E-state index in [1.54, 1.807) is 0 Å². The highest BCUT2D eigenvalue weighted by molar-refractivity contribution is 4.86. The molecule has 0 aliphatic heterocycles. The first-order chi connectivity index (χ1) is 8.48. The van der Waals surface area contributed by atoms with Crippen molar-refractivity contribution in [2.75, 3.05) is 19.8 Å². The van der Waals surface area contributed by atoms with Gasteiger partial charge in [-0.1, -0.05) is 20.8 Å². The Morgan fingerprint density at radius 2 is 1.83 bits per heavy atom. The van der Waals surface area contributed by atoms with E-state index in [1.165, 1.54) is 19.3 Å². The Kier molecular flexibility index (Phi) is 6.61. The molecule has 0 aromatic carbocycles. The van der Waals surface area contributed by atoms with E-state index in [2.05, 4.69) is 26.1 Å². The zero-order chi connectivity index (χ0) is 13.6. The predicted molar refractivity (Wildman–Crippen MR) is 75.6 cm³/mol. The first kappa shape index (κ1) is 15.9. The van der Waals surface area contributed by atoms with Crippen LogP contribution in [0.15, 0.2) is 0 Å². The summed E-state index contributed by atoms with van der Waals surface area (Å²) in [4.78, 5) is 0. The van der Waals surface area contributed by atoms with Gasteiger partial charge in [-0.05, 0) is 44.4 Å². The topological polar surface area (TPSA) is 30.5 Å². The summed E-state index contributed by atoms with van der Waals surface area (Å²) in [6, 6.07) is 0.612. The molecule has 0 aromatic rings. The number of ether oxygens (including phenoxy) is 2. The molecule has 0 aromatic heterocycles. The van der Waals surface area contributed by atoms with Gasteiger partial charge < -0.3 is 14.8 Å². The van der Waals surface area contributed by atoms with E-state index in [0.29, 0.717) is 24.7 Å². The van der Waals surface area contributed by atoms with Crippen LogP contribution in [0, 0.1) is 11.3 Å². The van der Waals surface area contributed by atoms with Crippen LogP contribution in [-0.2, 0) is 9.47 Å². The zero-order valence-corrected chi connectivity index (χ0v) is 12.8. The van der Waals surface area contributed by atoms with Gasteiger partial charge in [0.2, 0.25) is 0 Å². The van der Waals surface area contributed by atoms with Crippen molar-refractivity contribution in [1.82, 2.24) is 5.32 Å². The highest BCUT2D eigenvalue weighted by Gasteiger charge is 2.32. The average Bonchev–Trinajstić information content (AvgIpc) is 2.27. The molecule has 0 heterocycles. The first-order valence-corrected chi connectivity index (χ1v) is 7.45. The van der Waals surface area contributed by atoms with E-state index >= 15 is 0 Å². The van der Waals surface area contributed by atoms with Gasteiger partial charge in [0, 0.05) is 25.8 Å². The van der Waals surface area contributed by atoms with Gasteiger partial charge in [0.05, 0.1) is 0 Å². The molecule has 18 heavy (non-hydrogen) atoms. The van der Waals surface area contributed by atoms with Crippen molar-refractivity contribution < 1.29 is 9.47 Å². The second-order valence-electron chi connectivity index (χ2n) is 6.24. The third-order valence-corrected chi connectivity index (χ3v) is 3.95. The van der Waals surface area contributed by atoms with Gasteiger partial charge in [0.1, 0.15) is 0 Å². The fraction of sp³-hybridized carbons (Fsp3) is 1.00. The summed E-state index contributed by atoms with van der Waals surface area (Å²) in [5, 5.41) is 3.63. The van der Waals surface area contributed by atoms with E-state index in [9.17, 15) is 0 Å². The van der Waals surface area contributed by atoms with Crippen molar-refractivity contribution in [1.29, 1.82) is 0 Å². The summed E-state index contributed by atoms with van der Waals surface area (Å²) < 4.78 is 11.1. The van der Waals surface area contributed by atoms with Gasteiger partial charge in [-0.3, -0.25) is 0 Å². The fourth-order valence-electron chi connectivity index (χ4n) is 3.04. The summed E-state index contributed by atoms with van der Waals surface area (Å²) in [7, 11) is 0. The first-order valence-electron chi connectivity index (χ1n) is 7.45. The molecule has 0 bridgehead atoms. The third-order valence-electron chi connectivity index (χ3n) is 3.95. The molecule has 3 heteroatoms. The van der Waals surface area contributed by atoms with Crippen molar-refractivity contribution >= 4 is 0 Å². The minimum absolute atomic E-state index is 0.0952. The van der Waals surface area contributed by atoms with Crippen LogP contribution < -0.4 is 5.32 Å². The van der Waals surface area contributed by atoms with Crippen LogP contribution in [-0.4, -0.2) is 32.1 Å². The third kappa shape index (κ3) is 5.25. The lowest BCUT2D eigenvalue weighted by molar-refractivity contribution is -0.134. The summed E-state index contributed by atoms with van der Waals surface area (Å²) in [5.74, 6) is 0.734.